The lowest BCUT2D eigenvalue weighted by atomic mass is 9.98. The maximum absolute atomic E-state index is 10.3. The van der Waals surface area contributed by atoms with Crippen molar-refractivity contribution in [3.05, 3.63) is 58.2 Å². The summed E-state index contributed by atoms with van der Waals surface area (Å²) in [7, 11) is 0. The van der Waals surface area contributed by atoms with Crippen LogP contribution in [0.15, 0.2) is 36.5 Å². The van der Waals surface area contributed by atoms with Gasteiger partial charge in [-0.05, 0) is 36.2 Å². The van der Waals surface area contributed by atoms with E-state index in [1.54, 1.807) is 12.3 Å². The summed E-state index contributed by atoms with van der Waals surface area (Å²) in [5, 5.41) is 10.9. The quantitative estimate of drug-likeness (QED) is 0.894. The number of nitrogens with two attached hydrogens (primary N) is 1. The van der Waals surface area contributed by atoms with E-state index < -0.39 is 6.10 Å². The van der Waals surface area contributed by atoms with Crippen LogP contribution in [0.2, 0.25) is 5.02 Å². The van der Waals surface area contributed by atoms with E-state index in [4.69, 9.17) is 17.3 Å². The highest BCUT2D eigenvalue weighted by Gasteiger charge is 2.15. The van der Waals surface area contributed by atoms with Gasteiger partial charge in [-0.3, -0.25) is 0 Å². The van der Waals surface area contributed by atoms with Crippen molar-refractivity contribution in [2.75, 3.05) is 5.73 Å². The fraction of sp³-hybridized carbons (Fsp3) is 0.214. The molecule has 0 radical (unpaired) electrons. The van der Waals surface area contributed by atoms with Crippen LogP contribution < -0.4 is 5.73 Å². The highest BCUT2D eigenvalue weighted by molar-refractivity contribution is 6.30. The maximum Gasteiger partial charge on any atom is 0.129 e. The molecule has 0 saturated heterocycles. The van der Waals surface area contributed by atoms with Crippen LogP contribution in [0.25, 0.3) is 0 Å². The zero-order valence-electron chi connectivity index (χ0n) is 10.1. The number of rotatable bonds is 3. The first-order valence-corrected chi connectivity index (χ1v) is 6.09. The summed E-state index contributed by atoms with van der Waals surface area (Å²) in [6.45, 7) is 1.91. The summed E-state index contributed by atoms with van der Waals surface area (Å²) < 4.78 is 0. The van der Waals surface area contributed by atoms with Crippen molar-refractivity contribution in [2.24, 2.45) is 0 Å². The molecule has 0 saturated carbocycles. The Labute approximate surface area is 111 Å². The molecule has 2 aromatic rings. The molecule has 0 aliphatic rings. The summed E-state index contributed by atoms with van der Waals surface area (Å²) in [6, 6.07) is 9.28. The number of aromatic nitrogens is 1. The molecule has 94 valence electrons. The molecule has 0 aliphatic heterocycles. The smallest absolute Gasteiger partial charge is 0.129 e. The van der Waals surface area contributed by atoms with Crippen LogP contribution >= 0.6 is 11.6 Å². The van der Waals surface area contributed by atoms with E-state index in [1.165, 1.54) is 0 Å². The second-order valence-electron chi connectivity index (χ2n) is 4.28. The molecule has 0 aliphatic carbocycles. The van der Waals surface area contributed by atoms with Gasteiger partial charge in [-0.15, -0.1) is 0 Å². The number of hydrogen-bond donors (Lipinski definition) is 2. The lowest BCUT2D eigenvalue weighted by Crippen LogP contribution is -2.08. The largest absolute Gasteiger partial charge is 0.388 e. The molecule has 1 atom stereocenters. The summed E-state index contributed by atoms with van der Waals surface area (Å²) in [5.41, 5.74) is 8.41. The summed E-state index contributed by atoms with van der Waals surface area (Å²) >= 11 is 5.92. The molecule has 4 heteroatoms. The Balaban J connectivity index is 2.25. The van der Waals surface area contributed by atoms with Crippen molar-refractivity contribution in [3.8, 4) is 0 Å². The second-order valence-corrected chi connectivity index (χ2v) is 4.71. The first kappa shape index (κ1) is 12.9. The van der Waals surface area contributed by atoms with Crippen molar-refractivity contribution >= 4 is 17.4 Å². The molecule has 3 nitrogen and oxygen atoms in total. The van der Waals surface area contributed by atoms with Crippen LogP contribution in [0.1, 0.15) is 22.8 Å². The maximum atomic E-state index is 10.3. The van der Waals surface area contributed by atoms with E-state index in [0.29, 0.717) is 22.8 Å². The Hall–Kier alpha value is -1.58. The van der Waals surface area contributed by atoms with Gasteiger partial charge in [-0.2, -0.15) is 0 Å². The van der Waals surface area contributed by atoms with Crippen LogP contribution in [0.4, 0.5) is 5.82 Å². The van der Waals surface area contributed by atoms with Crippen LogP contribution in [0.5, 0.6) is 0 Å². The van der Waals surface area contributed by atoms with Gasteiger partial charge in [0.15, 0.2) is 0 Å². The van der Waals surface area contributed by atoms with Crippen molar-refractivity contribution in [1.29, 1.82) is 0 Å². The minimum absolute atomic E-state index is 0.379. The Bertz CT molecular complexity index is 537. The van der Waals surface area contributed by atoms with Crippen LogP contribution in [-0.2, 0) is 6.42 Å². The lowest BCUT2D eigenvalue weighted by molar-refractivity contribution is 0.178. The van der Waals surface area contributed by atoms with E-state index >= 15 is 0 Å². The number of nitrogens with zero attached hydrogens (tertiary/aromatic N) is 1. The van der Waals surface area contributed by atoms with Crippen LogP contribution in [0, 0.1) is 6.92 Å². The number of pyridine rings is 1. The molecule has 0 bridgehead atoms. The predicted octanol–water partition coefficient (Wildman–Crippen LogP) is 2.90. The van der Waals surface area contributed by atoms with Gasteiger partial charge in [0.25, 0.3) is 0 Å². The molecule has 1 aromatic carbocycles. The standard InChI is InChI=1S/C14H15ClN2O/c1-9-5-6-17-14(16)13(9)12(18)8-10-3-2-4-11(15)7-10/h2-7,12,18H,8H2,1H3,(H2,16,17). The van der Waals surface area contributed by atoms with Gasteiger partial charge < -0.3 is 10.8 Å². The number of halogens is 1. The van der Waals surface area contributed by atoms with Crippen molar-refractivity contribution in [1.82, 2.24) is 4.98 Å². The zero-order valence-corrected chi connectivity index (χ0v) is 10.9. The van der Waals surface area contributed by atoms with Gasteiger partial charge in [-0.1, -0.05) is 23.7 Å². The Kier molecular flexibility index (Phi) is 3.84. The minimum atomic E-state index is -0.669. The van der Waals surface area contributed by atoms with Crippen LogP contribution in [0.3, 0.4) is 0 Å². The monoisotopic (exact) mass is 262 g/mol. The van der Waals surface area contributed by atoms with Crippen LogP contribution in [-0.4, -0.2) is 10.1 Å². The first-order valence-electron chi connectivity index (χ1n) is 5.71. The van der Waals surface area contributed by atoms with Gasteiger partial charge >= 0.3 is 0 Å². The van der Waals surface area contributed by atoms with Crippen molar-refractivity contribution < 1.29 is 5.11 Å². The van der Waals surface area contributed by atoms with E-state index in [-0.39, 0.29) is 0 Å². The average molecular weight is 263 g/mol. The Morgan fingerprint density at radius 2 is 2.17 bits per heavy atom. The summed E-state index contributed by atoms with van der Waals surface area (Å²) in [6.07, 6.45) is 1.44. The fourth-order valence-corrected chi connectivity index (χ4v) is 2.23. The molecular weight excluding hydrogens is 248 g/mol. The number of benzene rings is 1. The van der Waals surface area contributed by atoms with Gasteiger partial charge in [0.2, 0.25) is 0 Å². The number of aliphatic hydroxyl groups is 1. The van der Waals surface area contributed by atoms with E-state index in [0.717, 1.165) is 11.1 Å². The lowest BCUT2D eigenvalue weighted by Gasteiger charge is -2.15. The molecule has 0 spiro atoms. The third kappa shape index (κ3) is 2.81. The second kappa shape index (κ2) is 5.38. The SMILES string of the molecule is Cc1ccnc(N)c1C(O)Cc1cccc(Cl)c1. The van der Waals surface area contributed by atoms with Crippen molar-refractivity contribution in [2.45, 2.75) is 19.4 Å². The number of hydrogen-bond acceptors (Lipinski definition) is 3. The molecule has 1 heterocycles. The number of nitrogen functional groups attached to an aromatic ring is 1. The number of aryl methyl sites for hydroxylation is 1. The molecular formula is C14H15ClN2O. The Morgan fingerprint density at radius 1 is 1.39 bits per heavy atom. The van der Waals surface area contributed by atoms with E-state index in [2.05, 4.69) is 4.98 Å². The molecule has 1 aromatic heterocycles. The van der Waals surface area contributed by atoms with Gasteiger partial charge in [0.1, 0.15) is 5.82 Å². The number of anilines is 1. The molecule has 18 heavy (non-hydrogen) atoms. The predicted molar refractivity (Wildman–Crippen MR) is 73.5 cm³/mol. The molecule has 3 N–H and O–H groups in total. The molecule has 0 fully saturated rings. The zero-order chi connectivity index (χ0) is 13.1. The Morgan fingerprint density at radius 3 is 2.83 bits per heavy atom. The molecule has 1 unspecified atom stereocenters. The van der Waals surface area contributed by atoms with Gasteiger partial charge in [0, 0.05) is 23.2 Å². The summed E-state index contributed by atoms with van der Waals surface area (Å²) in [4.78, 5) is 4.01. The number of aliphatic hydroxyl groups excluding tert-OH is 1. The van der Waals surface area contributed by atoms with Gasteiger partial charge in [-0.25, -0.2) is 4.98 Å². The topological polar surface area (TPSA) is 59.1 Å². The molecule has 2 rings (SSSR count). The molecule has 0 amide bonds. The van der Waals surface area contributed by atoms with Gasteiger partial charge in [0.05, 0.1) is 6.10 Å². The minimum Gasteiger partial charge on any atom is -0.388 e. The third-order valence-corrected chi connectivity index (χ3v) is 3.13. The summed E-state index contributed by atoms with van der Waals surface area (Å²) in [5.74, 6) is 0.379. The third-order valence-electron chi connectivity index (χ3n) is 2.89. The average Bonchev–Trinajstić information content (AvgIpc) is 2.28. The normalized spacial score (nSPS) is 12.4. The fourth-order valence-electron chi connectivity index (χ4n) is 2.01. The highest BCUT2D eigenvalue weighted by Crippen LogP contribution is 2.26. The van der Waals surface area contributed by atoms with E-state index in [9.17, 15) is 5.11 Å². The van der Waals surface area contributed by atoms with Crippen molar-refractivity contribution in [3.63, 3.8) is 0 Å². The van der Waals surface area contributed by atoms with E-state index in [1.807, 2.05) is 31.2 Å². The first-order chi connectivity index (χ1) is 8.58. The highest BCUT2D eigenvalue weighted by atomic mass is 35.5.